The van der Waals surface area contributed by atoms with Crippen LogP contribution in [0.5, 0.6) is 11.5 Å². The number of rotatable bonds is 5. The number of hydrogen-bond donors (Lipinski definition) is 1. The second-order valence-corrected chi connectivity index (χ2v) is 8.73. The minimum Gasteiger partial charge on any atom is -0.486 e. The highest BCUT2D eigenvalue weighted by molar-refractivity contribution is 7.17. The first-order valence-corrected chi connectivity index (χ1v) is 11.0. The number of nitrogens with zero attached hydrogens (tertiary/aromatic N) is 1. The van der Waals surface area contributed by atoms with Crippen molar-refractivity contribution >= 4 is 52.0 Å². The van der Waals surface area contributed by atoms with Crippen molar-refractivity contribution in [2.45, 2.75) is 0 Å². The Hall–Kier alpha value is -2.74. The number of benzene rings is 2. The van der Waals surface area contributed by atoms with Crippen molar-refractivity contribution in [2.24, 2.45) is 0 Å². The number of nitrogens with one attached hydrogen (secondary N) is 1. The van der Waals surface area contributed by atoms with Crippen LogP contribution in [0, 0.1) is 0 Å². The summed E-state index contributed by atoms with van der Waals surface area (Å²) in [6.07, 6.45) is 0. The molecular formula is C22H18Cl2N2O4S. The fourth-order valence-corrected chi connectivity index (χ4v) is 4.57. The number of halogens is 2. The van der Waals surface area contributed by atoms with Gasteiger partial charge in [0.25, 0.3) is 5.91 Å². The van der Waals surface area contributed by atoms with E-state index in [9.17, 15) is 9.59 Å². The molecule has 0 atom stereocenters. The maximum Gasteiger partial charge on any atom is 0.264 e. The molecule has 6 nitrogen and oxygen atoms in total. The second-order valence-electron chi connectivity index (χ2n) is 6.83. The Kier molecular flexibility index (Phi) is 6.36. The topological polar surface area (TPSA) is 67.9 Å². The summed E-state index contributed by atoms with van der Waals surface area (Å²) in [5, 5.41) is 3.32. The highest BCUT2D eigenvalue weighted by atomic mass is 35.5. The zero-order valence-electron chi connectivity index (χ0n) is 16.5. The maximum atomic E-state index is 12.8. The number of para-hydroxylation sites is 1. The molecule has 0 saturated heterocycles. The Morgan fingerprint density at radius 1 is 1.03 bits per heavy atom. The lowest BCUT2D eigenvalue weighted by Crippen LogP contribution is -2.34. The first kappa shape index (κ1) is 21.5. The summed E-state index contributed by atoms with van der Waals surface area (Å²) in [5.41, 5.74) is 1.26. The van der Waals surface area contributed by atoms with Crippen molar-refractivity contribution in [1.29, 1.82) is 0 Å². The molecule has 1 aliphatic heterocycles. The van der Waals surface area contributed by atoms with E-state index in [0.29, 0.717) is 45.3 Å². The van der Waals surface area contributed by atoms with Gasteiger partial charge in [0.1, 0.15) is 13.2 Å². The molecule has 2 aromatic carbocycles. The molecule has 0 radical (unpaired) electrons. The molecule has 9 heteroatoms. The van der Waals surface area contributed by atoms with Crippen molar-refractivity contribution in [3.63, 3.8) is 0 Å². The number of amides is 2. The van der Waals surface area contributed by atoms with Crippen LogP contribution < -0.4 is 14.8 Å². The first-order chi connectivity index (χ1) is 14.9. The molecule has 1 N–H and O–H groups in total. The van der Waals surface area contributed by atoms with E-state index in [2.05, 4.69) is 5.32 Å². The van der Waals surface area contributed by atoms with E-state index in [1.54, 1.807) is 31.3 Å². The SMILES string of the molecule is CN(CC(=O)Nc1c(Cl)cccc1Cl)C(=O)c1ccc(-c2ccc3c(c2)OCCO3)s1. The minimum absolute atomic E-state index is 0.141. The standard InChI is InChI=1S/C22H18Cl2N2O4S/c1-26(12-20(27)25-21-14(23)3-2-4-15(21)24)22(28)19-8-7-18(31-19)13-5-6-16-17(11-13)30-10-9-29-16/h2-8,11H,9-10,12H2,1H3,(H,25,27). The van der Waals surface area contributed by atoms with Gasteiger partial charge in [0.15, 0.2) is 11.5 Å². The molecule has 2 amide bonds. The highest BCUT2D eigenvalue weighted by Gasteiger charge is 2.19. The summed E-state index contributed by atoms with van der Waals surface area (Å²) in [5.74, 6) is 0.757. The molecule has 0 saturated carbocycles. The molecule has 0 fully saturated rings. The molecule has 3 aromatic rings. The number of anilines is 1. The fraction of sp³-hybridized carbons (Fsp3) is 0.182. The molecule has 0 spiro atoms. The zero-order valence-corrected chi connectivity index (χ0v) is 18.8. The summed E-state index contributed by atoms with van der Waals surface area (Å²) in [7, 11) is 1.57. The predicted octanol–water partition coefficient (Wildman–Crippen LogP) is 5.20. The molecule has 2 heterocycles. The van der Waals surface area contributed by atoms with Gasteiger partial charge in [-0.05, 0) is 48.0 Å². The lowest BCUT2D eigenvalue weighted by molar-refractivity contribution is -0.116. The van der Waals surface area contributed by atoms with Crippen LogP contribution in [0.4, 0.5) is 5.69 Å². The number of fused-ring (bicyclic) bond motifs is 1. The zero-order chi connectivity index (χ0) is 22.0. The number of carbonyl (C=O) groups excluding carboxylic acids is 2. The van der Waals surface area contributed by atoms with Gasteiger partial charge in [0, 0.05) is 11.9 Å². The van der Waals surface area contributed by atoms with Crippen LogP contribution in [0.25, 0.3) is 10.4 Å². The van der Waals surface area contributed by atoms with Crippen molar-refractivity contribution in [2.75, 3.05) is 32.1 Å². The Morgan fingerprint density at radius 2 is 1.74 bits per heavy atom. The van der Waals surface area contributed by atoms with Gasteiger partial charge < -0.3 is 19.7 Å². The highest BCUT2D eigenvalue weighted by Crippen LogP contribution is 2.37. The average molecular weight is 477 g/mol. The van der Waals surface area contributed by atoms with Crippen molar-refractivity contribution < 1.29 is 19.1 Å². The summed E-state index contributed by atoms with van der Waals surface area (Å²) < 4.78 is 11.2. The van der Waals surface area contributed by atoms with Gasteiger partial charge in [-0.1, -0.05) is 29.3 Å². The number of thiophene rings is 1. The van der Waals surface area contributed by atoms with Crippen LogP contribution in [-0.2, 0) is 4.79 Å². The molecule has 0 bridgehead atoms. The van der Waals surface area contributed by atoms with Crippen LogP contribution in [0.15, 0.2) is 48.5 Å². The Morgan fingerprint density at radius 3 is 2.48 bits per heavy atom. The van der Waals surface area contributed by atoms with Crippen molar-refractivity contribution in [3.8, 4) is 21.9 Å². The van der Waals surface area contributed by atoms with E-state index >= 15 is 0 Å². The monoisotopic (exact) mass is 476 g/mol. The van der Waals surface area contributed by atoms with Crippen LogP contribution in [0.1, 0.15) is 9.67 Å². The summed E-state index contributed by atoms with van der Waals surface area (Å²) in [6.45, 7) is 0.904. The van der Waals surface area contributed by atoms with Crippen molar-refractivity contribution in [1.82, 2.24) is 4.90 Å². The molecule has 1 aliphatic rings. The molecule has 31 heavy (non-hydrogen) atoms. The summed E-state index contributed by atoms with van der Waals surface area (Å²) >= 11 is 13.5. The summed E-state index contributed by atoms with van der Waals surface area (Å²) in [6, 6.07) is 14.3. The van der Waals surface area contributed by atoms with Crippen LogP contribution >= 0.6 is 34.5 Å². The van der Waals surface area contributed by atoms with Gasteiger partial charge in [0.05, 0.1) is 27.2 Å². The third-order valence-electron chi connectivity index (χ3n) is 4.60. The van der Waals surface area contributed by atoms with E-state index < -0.39 is 5.91 Å². The largest absolute Gasteiger partial charge is 0.486 e. The van der Waals surface area contributed by atoms with Crippen LogP contribution in [-0.4, -0.2) is 43.5 Å². The van der Waals surface area contributed by atoms with E-state index in [1.807, 2.05) is 24.3 Å². The van der Waals surface area contributed by atoms with Gasteiger partial charge in [-0.15, -0.1) is 11.3 Å². The third-order valence-corrected chi connectivity index (χ3v) is 6.35. The van der Waals surface area contributed by atoms with Crippen LogP contribution in [0.2, 0.25) is 10.0 Å². The lowest BCUT2D eigenvalue weighted by Gasteiger charge is -2.18. The minimum atomic E-state index is -0.394. The number of likely N-dealkylation sites (N-methyl/N-ethyl adjacent to an activating group) is 1. The van der Waals surface area contributed by atoms with Crippen molar-refractivity contribution in [3.05, 3.63) is 63.5 Å². The molecular weight excluding hydrogens is 459 g/mol. The molecule has 160 valence electrons. The molecule has 4 rings (SSSR count). The number of hydrogen-bond acceptors (Lipinski definition) is 5. The van der Waals surface area contributed by atoms with Crippen LogP contribution in [0.3, 0.4) is 0 Å². The smallest absolute Gasteiger partial charge is 0.264 e. The lowest BCUT2D eigenvalue weighted by atomic mass is 10.1. The Labute approximate surface area is 193 Å². The molecule has 0 aliphatic carbocycles. The fourth-order valence-electron chi connectivity index (χ4n) is 3.08. The first-order valence-electron chi connectivity index (χ1n) is 9.41. The number of ether oxygens (including phenoxy) is 2. The van der Waals surface area contributed by atoms with E-state index in [-0.39, 0.29) is 12.5 Å². The van der Waals surface area contributed by atoms with E-state index in [0.717, 1.165) is 10.4 Å². The maximum absolute atomic E-state index is 12.8. The predicted molar refractivity (Wildman–Crippen MR) is 123 cm³/mol. The van der Waals surface area contributed by atoms with Gasteiger partial charge in [-0.2, -0.15) is 0 Å². The Balaban J connectivity index is 1.43. The average Bonchev–Trinajstić information content (AvgIpc) is 3.25. The van der Waals surface area contributed by atoms with Gasteiger partial charge in [-0.25, -0.2) is 0 Å². The third kappa shape index (κ3) is 4.79. The van der Waals surface area contributed by atoms with E-state index in [4.69, 9.17) is 32.7 Å². The van der Waals surface area contributed by atoms with Gasteiger partial charge in [-0.3, -0.25) is 9.59 Å². The Bertz CT molecular complexity index is 1130. The second kappa shape index (κ2) is 9.18. The van der Waals surface area contributed by atoms with Gasteiger partial charge in [0.2, 0.25) is 5.91 Å². The van der Waals surface area contributed by atoms with Gasteiger partial charge >= 0.3 is 0 Å². The summed E-state index contributed by atoms with van der Waals surface area (Å²) in [4.78, 5) is 28.0. The van der Waals surface area contributed by atoms with E-state index in [1.165, 1.54) is 16.2 Å². The molecule has 0 unspecified atom stereocenters. The number of carbonyl (C=O) groups is 2. The molecule has 1 aromatic heterocycles. The normalized spacial score (nSPS) is 12.4. The quantitative estimate of drug-likeness (QED) is 0.549.